The summed E-state index contributed by atoms with van der Waals surface area (Å²) in [6.45, 7) is 0.514. The maximum Gasteiger partial charge on any atom is 0.251 e. The van der Waals surface area contributed by atoms with Gasteiger partial charge >= 0.3 is 0 Å². The molecule has 0 unspecified atom stereocenters. The van der Waals surface area contributed by atoms with Crippen LogP contribution in [0.3, 0.4) is 0 Å². The standard InChI is InChI=1S/C11H13N5O2/c1-12-6-7-5-9(17)14-11(13-7)8-3-4-10(18-2)16-15-8/h3-5,12H,6H2,1-2H3,(H,13,14,17). The second-order valence-corrected chi connectivity index (χ2v) is 3.58. The Hall–Kier alpha value is -2.28. The Morgan fingerprint density at radius 3 is 2.83 bits per heavy atom. The Kier molecular flexibility index (Phi) is 3.63. The number of rotatable bonds is 4. The summed E-state index contributed by atoms with van der Waals surface area (Å²) >= 11 is 0. The van der Waals surface area contributed by atoms with Gasteiger partial charge in [0, 0.05) is 18.7 Å². The van der Waals surface area contributed by atoms with E-state index in [0.717, 1.165) is 0 Å². The molecule has 7 nitrogen and oxygen atoms in total. The van der Waals surface area contributed by atoms with E-state index >= 15 is 0 Å². The molecule has 0 amide bonds. The minimum Gasteiger partial charge on any atom is -0.480 e. The lowest BCUT2D eigenvalue weighted by Gasteiger charge is -2.03. The molecule has 0 saturated heterocycles. The van der Waals surface area contributed by atoms with Crippen LogP contribution < -0.4 is 15.6 Å². The first-order valence-corrected chi connectivity index (χ1v) is 5.36. The van der Waals surface area contributed by atoms with E-state index in [0.29, 0.717) is 29.6 Å². The Bertz CT molecular complexity index is 579. The smallest absolute Gasteiger partial charge is 0.251 e. The fourth-order valence-corrected chi connectivity index (χ4v) is 1.46. The summed E-state index contributed by atoms with van der Waals surface area (Å²) < 4.78 is 4.92. The lowest BCUT2D eigenvalue weighted by molar-refractivity contribution is 0.392. The summed E-state index contributed by atoms with van der Waals surface area (Å²) in [7, 11) is 3.30. The van der Waals surface area contributed by atoms with Crippen LogP contribution in [0.5, 0.6) is 5.88 Å². The molecule has 0 aliphatic heterocycles. The second kappa shape index (κ2) is 5.37. The summed E-state index contributed by atoms with van der Waals surface area (Å²) in [6.07, 6.45) is 0. The molecule has 0 saturated carbocycles. The third kappa shape index (κ3) is 2.69. The maximum absolute atomic E-state index is 11.5. The average Bonchev–Trinajstić information content (AvgIpc) is 2.38. The van der Waals surface area contributed by atoms with Gasteiger partial charge in [0.1, 0.15) is 5.69 Å². The van der Waals surface area contributed by atoms with Crippen LogP contribution in [0, 0.1) is 0 Å². The van der Waals surface area contributed by atoms with Crippen molar-refractivity contribution < 1.29 is 4.74 Å². The van der Waals surface area contributed by atoms with Crippen molar-refractivity contribution >= 4 is 0 Å². The number of hydrogen-bond acceptors (Lipinski definition) is 6. The number of H-pyrrole nitrogens is 1. The zero-order valence-electron chi connectivity index (χ0n) is 10.1. The molecule has 0 fully saturated rings. The van der Waals surface area contributed by atoms with Gasteiger partial charge in [0.15, 0.2) is 5.82 Å². The zero-order valence-corrected chi connectivity index (χ0v) is 10.1. The summed E-state index contributed by atoms with van der Waals surface area (Å²) in [5.74, 6) is 0.801. The van der Waals surface area contributed by atoms with Crippen LogP contribution in [0.2, 0.25) is 0 Å². The fraction of sp³-hybridized carbons (Fsp3) is 0.273. The number of nitrogens with zero attached hydrogens (tertiary/aromatic N) is 3. The molecule has 0 bridgehead atoms. The van der Waals surface area contributed by atoms with E-state index in [1.54, 1.807) is 19.2 Å². The minimum absolute atomic E-state index is 0.220. The van der Waals surface area contributed by atoms with Crippen molar-refractivity contribution in [3.8, 4) is 17.4 Å². The van der Waals surface area contributed by atoms with Crippen LogP contribution >= 0.6 is 0 Å². The van der Waals surface area contributed by atoms with Gasteiger partial charge in [0.25, 0.3) is 5.56 Å². The van der Waals surface area contributed by atoms with Crippen LogP contribution in [0.4, 0.5) is 0 Å². The number of hydrogen-bond donors (Lipinski definition) is 2. The number of ether oxygens (including phenoxy) is 1. The van der Waals surface area contributed by atoms with Crippen LogP contribution in [0.1, 0.15) is 5.69 Å². The third-order valence-corrected chi connectivity index (χ3v) is 2.24. The van der Waals surface area contributed by atoms with Crippen LogP contribution in [0.15, 0.2) is 23.0 Å². The van der Waals surface area contributed by atoms with Crippen molar-refractivity contribution in [1.29, 1.82) is 0 Å². The molecule has 2 aromatic heterocycles. The quantitative estimate of drug-likeness (QED) is 0.787. The van der Waals surface area contributed by atoms with Gasteiger partial charge in [-0.25, -0.2) is 4.98 Å². The Labute approximate surface area is 103 Å². The largest absolute Gasteiger partial charge is 0.480 e. The number of nitrogens with one attached hydrogen (secondary N) is 2. The fourth-order valence-electron chi connectivity index (χ4n) is 1.46. The van der Waals surface area contributed by atoms with E-state index < -0.39 is 0 Å². The van der Waals surface area contributed by atoms with E-state index in [-0.39, 0.29) is 5.56 Å². The van der Waals surface area contributed by atoms with Crippen molar-refractivity contribution in [2.45, 2.75) is 6.54 Å². The number of methoxy groups -OCH3 is 1. The highest BCUT2D eigenvalue weighted by Gasteiger charge is 2.06. The van der Waals surface area contributed by atoms with Crippen LogP contribution in [-0.4, -0.2) is 34.3 Å². The molecule has 2 rings (SSSR count). The Balaban J connectivity index is 2.39. The highest BCUT2D eigenvalue weighted by Crippen LogP contribution is 2.12. The second-order valence-electron chi connectivity index (χ2n) is 3.58. The van der Waals surface area contributed by atoms with Gasteiger partial charge in [-0.1, -0.05) is 0 Å². The molecule has 2 N–H and O–H groups in total. The van der Waals surface area contributed by atoms with Gasteiger partial charge in [-0.3, -0.25) is 4.79 Å². The van der Waals surface area contributed by atoms with Crippen molar-refractivity contribution in [2.24, 2.45) is 0 Å². The lowest BCUT2D eigenvalue weighted by atomic mass is 10.3. The summed E-state index contributed by atoms with van der Waals surface area (Å²) in [6, 6.07) is 4.79. The first-order chi connectivity index (χ1) is 8.72. The highest BCUT2D eigenvalue weighted by atomic mass is 16.5. The topological polar surface area (TPSA) is 92.8 Å². The normalized spacial score (nSPS) is 10.3. The van der Waals surface area contributed by atoms with Gasteiger partial charge in [-0.15, -0.1) is 10.2 Å². The average molecular weight is 247 g/mol. The van der Waals surface area contributed by atoms with Gasteiger partial charge in [-0.05, 0) is 13.1 Å². The molecule has 0 radical (unpaired) electrons. The molecule has 2 heterocycles. The van der Waals surface area contributed by atoms with Gasteiger partial charge in [0.05, 0.1) is 12.8 Å². The monoisotopic (exact) mass is 247 g/mol. The molecule has 0 spiro atoms. The number of aromatic amines is 1. The van der Waals surface area contributed by atoms with Crippen molar-refractivity contribution in [3.63, 3.8) is 0 Å². The zero-order chi connectivity index (χ0) is 13.0. The summed E-state index contributed by atoms with van der Waals surface area (Å²) in [5.41, 5.74) is 0.919. The molecule has 94 valence electrons. The highest BCUT2D eigenvalue weighted by molar-refractivity contribution is 5.48. The van der Waals surface area contributed by atoms with Crippen molar-refractivity contribution in [1.82, 2.24) is 25.5 Å². The maximum atomic E-state index is 11.5. The Morgan fingerprint density at radius 2 is 2.22 bits per heavy atom. The van der Waals surface area contributed by atoms with E-state index in [1.807, 2.05) is 0 Å². The predicted molar refractivity (Wildman–Crippen MR) is 65.2 cm³/mol. The Morgan fingerprint density at radius 1 is 1.39 bits per heavy atom. The number of aromatic nitrogens is 4. The molecule has 0 atom stereocenters. The molecular weight excluding hydrogens is 234 g/mol. The molecule has 0 aliphatic rings. The third-order valence-electron chi connectivity index (χ3n) is 2.24. The first kappa shape index (κ1) is 12.2. The molecule has 7 heteroatoms. The van der Waals surface area contributed by atoms with E-state index in [4.69, 9.17) is 4.74 Å². The van der Waals surface area contributed by atoms with Crippen molar-refractivity contribution in [3.05, 3.63) is 34.2 Å². The molecule has 18 heavy (non-hydrogen) atoms. The van der Waals surface area contributed by atoms with Crippen LogP contribution in [0.25, 0.3) is 11.5 Å². The van der Waals surface area contributed by atoms with Crippen LogP contribution in [-0.2, 0) is 6.54 Å². The lowest BCUT2D eigenvalue weighted by Crippen LogP contribution is -2.15. The molecular formula is C11H13N5O2. The van der Waals surface area contributed by atoms with E-state index in [9.17, 15) is 4.79 Å². The van der Waals surface area contributed by atoms with Gasteiger partial charge in [-0.2, -0.15) is 0 Å². The molecule has 2 aromatic rings. The van der Waals surface area contributed by atoms with Gasteiger partial charge < -0.3 is 15.0 Å². The SMILES string of the molecule is CNCc1cc(=O)[nH]c(-c2ccc(OC)nn2)n1. The van der Waals surface area contributed by atoms with E-state index in [2.05, 4.69) is 25.5 Å². The van der Waals surface area contributed by atoms with E-state index in [1.165, 1.54) is 13.2 Å². The van der Waals surface area contributed by atoms with Gasteiger partial charge in [0.2, 0.25) is 5.88 Å². The summed E-state index contributed by atoms with van der Waals surface area (Å²) in [4.78, 5) is 18.4. The molecule has 0 aliphatic carbocycles. The predicted octanol–water partition coefficient (Wildman–Crippen LogP) is -0.0451. The molecule has 0 aromatic carbocycles. The van der Waals surface area contributed by atoms with Crippen molar-refractivity contribution in [2.75, 3.05) is 14.2 Å². The minimum atomic E-state index is -0.220. The summed E-state index contributed by atoms with van der Waals surface area (Å²) in [5, 5.41) is 10.7. The first-order valence-electron chi connectivity index (χ1n) is 5.36.